The Bertz CT molecular complexity index is 1360. The van der Waals surface area contributed by atoms with Gasteiger partial charge in [-0.15, -0.1) is 0 Å². The summed E-state index contributed by atoms with van der Waals surface area (Å²) in [5.74, 6) is 1.34. The molecule has 6 nitrogen and oxygen atoms in total. The Morgan fingerprint density at radius 1 is 0.972 bits per heavy atom. The summed E-state index contributed by atoms with van der Waals surface area (Å²) in [6.45, 7) is 7.00. The SMILES string of the molecule is CCCC(=O)N(CCc1ccccc1)C(C)c1nc2ccccc2c(=O)n1-c1ccc(OCC)cc1. The number of nitrogens with zero attached hydrogens (tertiary/aromatic N) is 3. The van der Waals surface area contributed by atoms with Gasteiger partial charge in [0.15, 0.2) is 0 Å². The molecule has 0 saturated heterocycles. The summed E-state index contributed by atoms with van der Waals surface area (Å²) in [5, 5.41) is 0.540. The summed E-state index contributed by atoms with van der Waals surface area (Å²) < 4.78 is 7.23. The van der Waals surface area contributed by atoms with Crippen molar-refractivity contribution < 1.29 is 9.53 Å². The average molecular weight is 484 g/mol. The highest BCUT2D eigenvalue weighted by atomic mass is 16.5. The summed E-state index contributed by atoms with van der Waals surface area (Å²) in [5.41, 5.74) is 2.32. The van der Waals surface area contributed by atoms with Gasteiger partial charge in [-0.2, -0.15) is 0 Å². The summed E-state index contributed by atoms with van der Waals surface area (Å²) >= 11 is 0. The molecule has 3 aromatic carbocycles. The molecule has 1 aromatic heterocycles. The van der Waals surface area contributed by atoms with E-state index in [1.165, 1.54) is 0 Å². The van der Waals surface area contributed by atoms with Crippen molar-refractivity contribution in [1.29, 1.82) is 0 Å². The Kier molecular flexibility index (Phi) is 8.16. The highest BCUT2D eigenvalue weighted by molar-refractivity contribution is 5.79. The number of carbonyl (C=O) groups is 1. The first-order chi connectivity index (χ1) is 17.5. The van der Waals surface area contributed by atoms with Gasteiger partial charge in [0.1, 0.15) is 11.6 Å². The molecule has 0 fully saturated rings. The molecular weight excluding hydrogens is 450 g/mol. The number of rotatable bonds is 10. The van der Waals surface area contributed by atoms with E-state index < -0.39 is 6.04 Å². The number of ether oxygens (including phenoxy) is 1. The summed E-state index contributed by atoms with van der Waals surface area (Å²) in [7, 11) is 0. The van der Waals surface area contributed by atoms with Crippen LogP contribution < -0.4 is 10.3 Å². The molecule has 0 aliphatic heterocycles. The van der Waals surface area contributed by atoms with Crippen LogP contribution >= 0.6 is 0 Å². The van der Waals surface area contributed by atoms with Crippen LogP contribution in [0.3, 0.4) is 0 Å². The largest absolute Gasteiger partial charge is 0.494 e. The fourth-order valence-corrected chi connectivity index (χ4v) is 4.46. The zero-order valence-electron chi connectivity index (χ0n) is 21.2. The third kappa shape index (κ3) is 5.48. The average Bonchev–Trinajstić information content (AvgIpc) is 2.90. The van der Waals surface area contributed by atoms with Crippen molar-refractivity contribution in [2.45, 2.75) is 46.1 Å². The van der Waals surface area contributed by atoms with Crippen LogP contribution in [0.25, 0.3) is 16.6 Å². The van der Waals surface area contributed by atoms with Gasteiger partial charge in [-0.25, -0.2) is 4.98 Å². The summed E-state index contributed by atoms with van der Waals surface area (Å²) in [6.07, 6.45) is 1.92. The normalized spacial score (nSPS) is 11.9. The highest BCUT2D eigenvalue weighted by Gasteiger charge is 2.26. The van der Waals surface area contributed by atoms with E-state index >= 15 is 0 Å². The number of benzene rings is 3. The molecule has 0 aliphatic carbocycles. The lowest BCUT2D eigenvalue weighted by Gasteiger charge is -2.31. The maximum absolute atomic E-state index is 13.8. The van der Waals surface area contributed by atoms with Crippen molar-refractivity contribution >= 4 is 16.8 Å². The van der Waals surface area contributed by atoms with E-state index in [4.69, 9.17) is 9.72 Å². The number of aromatic nitrogens is 2. The molecule has 0 bridgehead atoms. The minimum absolute atomic E-state index is 0.0570. The van der Waals surface area contributed by atoms with E-state index in [2.05, 4.69) is 12.1 Å². The molecule has 0 spiro atoms. The third-order valence-corrected chi connectivity index (χ3v) is 6.32. The second-order valence-corrected chi connectivity index (χ2v) is 8.80. The number of fused-ring (bicyclic) bond motifs is 1. The first kappa shape index (κ1) is 25.2. The molecule has 0 radical (unpaired) electrons. The van der Waals surface area contributed by atoms with Gasteiger partial charge in [-0.05, 0) is 68.7 Å². The predicted molar refractivity (Wildman–Crippen MR) is 144 cm³/mol. The Morgan fingerprint density at radius 3 is 2.36 bits per heavy atom. The quantitative estimate of drug-likeness (QED) is 0.290. The van der Waals surface area contributed by atoms with Crippen molar-refractivity contribution in [2.75, 3.05) is 13.2 Å². The first-order valence-electron chi connectivity index (χ1n) is 12.6. The first-order valence-corrected chi connectivity index (χ1v) is 12.6. The maximum Gasteiger partial charge on any atom is 0.266 e. The summed E-state index contributed by atoms with van der Waals surface area (Å²) in [6, 6.07) is 24.5. The lowest BCUT2D eigenvalue weighted by molar-refractivity contribution is -0.133. The minimum Gasteiger partial charge on any atom is -0.494 e. The van der Waals surface area contributed by atoms with Crippen LogP contribution in [0.5, 0.6) is 5.75 Å². The number of para-hydroxylation sites is 1. The molecule has 4 rings (SSSR count). The zero-order chi connectivity index (χ0) is 25.5. The van der Waals surface area contributed by atoms with Crippen LogP contribution in [-0.4, -0.2) is 33.5 Å². The lowest BCUT2D eigenvalue weighted by atomic mass is 10.1. The smallest absolute Gasteiger partial charge is 0.266 e. The van der Waals surface area contributed by atoms with Gasteiger partial charge in [0.25, 0.3) is 5.56 Å². The molecule has 0 saturated carbocycles. The Labute approximate surface area is 212 Å². The molecule has 0 N–H and O–H groups in total. The molecule has 1 amide bonds. The van der Waals surface area contributed by atoms with Gasteiger partial charge in [-0.3, -0.25) is 14.2 Å². The Morgan fingerprint density at radius 2 is 1.67 bits per heavy atom. The molecule has 6 heteroatoms. The van der Waals surface area contributed by atoms with E-state index in [0.717, 1.165) is 24.2 Å². The van der Waals surface area contributed by atoms with Crippen molar-refractivity contribution in [2.24, 2.45) is 0 Å². The topological polar surface area (TPSA) is 64.4 Å². The van der Waals surface area contributed by atoms with Crippen LogP contribution in [0, 0.1) is 0 Å². The molecule has 1 heterocycles. The van der Waals surface area contributed by atoms with E-state index in [-0.39, 0.29) is 11.5 Å². The van der Waals surface area contributed by atoms with Gasteiger partial charge < -0.3 is 9.64 Å². The molecule has 1 unspecified atom stereocenters. The summed E-state index contributed by atoms with van der Waals surface area (Å²) in [4.78, 5) is 33.8. The lowest BCUT2D eigenvalue weighted by Crippen LogP contribution is -2.38. The van der Waals surface area contributed by atoms with Crippen LogP contribution in [0.15, 0.2) is 83.7 Å². The van der Waals surface area contributed by atoms with Crippen molar-refractivity contribution in [3.8, 4) is 11.4 Å². The van der Waals surface area contributed by atoms with E-state index in [0.29, 0.717) is 42.0 Å². The van der Waals surface area contributed by atoms with Crippen LogP contribution in [0.4, 0.5) is 0 Å². The number of carbonyl (C=O) groups excluding carboxylic acids is 1. The Balaban J connectivity index is 1.81. The molecule has 0 aliphatic rings. The van der Waals surface area contributed by atoms with Gasteiger partial charge in [0.05, 0.1) is 29.2 Å². The van der Waals surface area contributed by atoms with Gasteiger partial charge in [0, 0.05) is 13.0 Å². The molecule has 1 atom stereocenters. The van der Waals surface area contributed by atoms with Crippen molar-refractivity contribution in [3.05, 3.63) is 101 Å². The second kappa shape index (κ2) is 11.7. The molecular formula is C30H33N3O3. The molecule has 36 heavy (non-hydrogen) atoms. The maximum atomic E-state index is 13.8. The minimum atomic E-state index is -0.406. The number of hydrogen-bond acceptors (Lipinski definition) is 4. The monoisotopic (exact) mass is 483 g/mol. The highest BCUT2D eigenvalue weighted by Crippen LogP contribution is 2.25. The van der Waals surface area contributed by atoms with Gasteiger partial charge in [-0.1, -0.05) is 49.4 Å². The Hall–Kier alpha value is -3.93. The van der Waals surface area contributed by atoms with E-state index in [1.54, 1.807) is 10.6 Å². The van der Waals surface area contributed by atoms with E-state index in [9.17, 15) is 9.59 Å². The molecule has 4 aromatic rings. The zero-order valence-corrected chi connectivity index (χ0v) is 21.2. The van der Waals surface area contributed by atoms with Gasteiger partial charge in [0.2, 0.25) is 5.91 Å². The second-order valence-electron chi connectivity index (χ2n) is 8.80. The van der Waals surface area contributed by atoms with Crippen molar-refractivity contribution in [3.63, 3.8) is 0 Å². The number of hydrogen-bond donors (Lipinski definition) is 0. The fourth-order valence-electron chi connectivity index (χ4n) is 4.46. The van der Waals surface area contributed by atoms with E-state index in [1.807, 2.05) is 86.3 Å². The predicted octanol–water partition coefficient (Wildman–Crippen LogP) is 5.72. The number of amides is 1. The third-order valence-electron chi connectivity index (χ3n) is 6.32. The van der Waals surface area contributed by atoms with Crippen LogP contribution in [-0.2, 0) is 11.2 Å². The van der Waals surface area contributed by atoms with Gasteiger partial charge >= 0.3 is 0 Å². The molecule has 186 valence electrons. The standard InChI is InChI=1S/C30H33N3O3/c1-4-11-28(34)32(21-20-23-12-7-6-8-13-23)22(3)29-31-27-15-10-9-14-26(27)30(35)33(29)24-16-18-25(19-17-24)36-5-2/h6-10,12-19,22H,4-5,11,20-21H2,1-3H3. The van der Waals surface area contributed by atoms with Crippen LogP contribution in [0.1, 0.15) is 51.0 Å². The van der Waals surface area contributed by atoms with Crippen LogP contribution in [0.2, 0.25) is 0 Å². The van der Waals surface area contributed by atoms with Crippen molar-refractivity contribution in [1.82, 2.24) is 14.5 Å². The fraction of sp³-hybridized carbons (Fsp3) is 0.300.